The summed E-state index contributed by atoms with van der Waals surface area (Å²) >= 11 is 0. The fraction of sp³-hybridized carbons (Fsp3) is 0.545. The predicted molar refractivity (Wildman–Crippen MR) is 59.7 cm³/mol. The monoisotopic (exact) mass is 237 g/mol. The number of nitrogens with zero attached hydrogens (tertiary/aromatic N) is 3. The Balaban J connectivity index is 2.38. The van der Waals surface area contributed by atoms with Crippen molar-refractivity contribution in [3.8, 4) is 0 Å². The highest BCUT2D eigenvalue weighted by atomic mass is 16.5. The van der Waals surface area contributed by atoms with E-state index < -0.39 is 5.97 Å². The van der Waals surface area contributed by atoms with Gasteiger partial charge in [0.15, 0.2) is 5.69 Å². The Bertz CT molecular complexity index is 447. The Morgan fingerprint density at radius 3 is 3.00 bits per heavy atom. The van der Waals surface area contributed by atoms with Gasteiger partial charge in [-0.2, -0.15) is 0 Å². The van der Waals surface area contributed by atoms with Crippen LogP contribution in [0.15, 0.2) is 12.2 Å². The average molecular weight is 237 g/mol. The van der Waals surface area contributed by atoms with E-state index in [0.717, 1.165) is 18.4 Å². The Hall–Kier alpha value is -1.69. The fourth-order valence-corrected chi connectivity index (χ4v) is 1.96. The molecule has 2 heterocycles. The molecule has 1 saturated heterocycles. The molecule has 2 rings (SSSR count). The summed E-state index contributed by atoms with van der Waals surface area (Å²) in [5.74, 6) is -1.07. The molecule has 1 unspecified atom stereocenters. The van der Waals surface area contributed by atoms with Gasteiger partial charge in [0.05, 0.1) is 6.54 Å². The first-order valence-corrected chi connectivity index (χ1v) is 5.52. The molecular formula is C11H15N3O3. The summed E-state index contributed by atoms with van der Waals surface area (Å²) in [6, 6.07) is 0. The Kier molecular flexibility index (Phi) is 3.23. The molecule has 1 fully saturated rings. The molecule has 1 aromatic rings. The molecule has 0 radical (unpaired) electrons. The maximum Gasteiger partial charge on any atom is 0.358 e. The van der Waals surface area contributed by atoms with Gasteiger partial charge in [-0.3, -0.25) is 0 Å². The van der Waals surface area contributed by atoms with Crippen LogP contribution >= 0.6 is 0 Å². The largest absolute Gasteiger partial charge is 0.476 e. The van der Waals surface area contributed by atoms with Crippen molar-refractivity contribution in [3.63, 3.8) is 0 Å². The first-order chi connectivity index (χ1) is 8.09. The summed E-state index contributed by atoms with van der Waals surface area (Å²) in [7, 11) is 0. The van der Waals surface area contributed by atoms with Crippen LogP contribution in [0, 0.1) is 0 Å². The van der Waals surface area contributed by atoms with Crippen molar-refractivity contribution in [2.24, 2.45) is 0 Å². The van der Waals surface area contributed by atoms with E-state index in [1.165, 1.54) is 0 Å². The minimum Gasteiger partial charge on any atom is -0.476 e. The van der Waals surface area contributed by atoms with Gasteiger partial charge in [-0.1, -0.05) is 17.4 Å². The number of carboxylic acid groups (broad SMARTS) is 1. The van der Waals surface area contributed by atoms with Gasteiger partial charge in [0.2, 0.25) is 0 Å². The zero-order valence-corrected chi connectivity index (χ0v) is 9.72. The third kappa shape index (κ3) is 2.36. The predicted octanol–water partition coefficient (Wildman–Crippen LogP) is 1.40. The topological polar surface area (TPSA) is 77.2 Å². The molecule has 6 nitrogen and oxygen atoms in total. The smallest absolute Gasteiger partial charge is 0.358 e. The minimum absolute atomic E-state index is 0.0156. The summed E-state index contributed by atoms with van der Waals surface area (Å²) < 4.78 is 7.09. The highest BCUT2D eigenvalue weighted by molar-refractivity contribution is 5.86. The average Bonchev–Trinajstić information content (AvgIpc) is 2.83. The third-order valence-corrected chi connectivity index (χ3v) is 2.63. The van der Waals surface area contributed by atoms with Gasteiger partial charge in [0.1, 0.15) is 11.8 Å². The molecule has 0 bridgehead atoms. The van der Waals surface area contributed by atoms with Crippen LogP contribution in [0.2, 0.25) is 0 Å². The van der Waals surface area contributed by atoms with Crippen LogP contribution in [0.5, 0.6) is 0 Å². The van der Waals surface area contributed by atoms with Crippen LogP contribution in [-0.2, 0) is 11.3 Å². The van der Waals surface area contributed by atoms with E-state index in [4.69, 9.17) is 9.84 Å². The third-order valence-electron chi connectivity index (χ3n) is 2.63. The SMILES string of the molecule is C=C(C)Cn1nnc(C(=O)O)c1C1CCCO1. The number of allylic oxidation sites excluding steroid dienone is 1. The standard InChI is InChI=1S/C11H15N3O3/c1-7(2)6-14-10(8-4-3-5-17-8)9(11(15)16)12-13-14/h8H,1,3-6H2,2H3,(H,15,16). The summed E-state index contributed by atoms with van der Waals surface area (Å²) in [5.41, 5.74) is 1.43. The maximum absolute atomic E-state index is 11.1. The molecule has 1 aromatic heterocycles. The number of ether oxygens (including phenoxy) is 1. The molecule has 6 heteroatoms. The molecule has 1 aliphatic heterocycles. The fourth-order valence-electron chi connectivity index (χ4n) is 1.96. The van der Waals surface area contributed by atoms with Crippen molar-refractivity contribution >= 4 is 5.97 Å². The molecule has 92 valence electrons. The number of hydrogen-bond acceptors (Lipinski definition) is 4. The Morgan fingerprint density at radius 1 is 1.71 bits per heavy atom. The minimum atomic E-state index is -1.07. The molecule has 17 heavy (non-hydrogen) atoms. The number of rotatable bonds is 4. The van der Waals surface area contributed by atoms with Gasteiger partial charge >= 0.3 is 5.97 Å². The lowest BCUT2D eigenvalue weighted by Crippen LogP contribution is -2.13. The molecule has 1 atom stereocenters. The van der Waals surface area contributed by atoms with Crippen LogP contribution < -0.4 is 0 Å². The molecule has 0 saturated carbocycles. The van der Waals surface area contributed by atoms with Crippen molar-refractivity contribution in [1.82, 2.24) is 15.0 Å². The van der Waals surface area contributed by atoms with Gasteiger partial charge in [-0.05, 0) is 19.8 Å². The number of carbonyl (C=O) groups is 1. The second-order valence-corrected chi connectivity index (χ2v) is 4.24. The highest BCUT2D eigenvalue weighted by Gasteiger charge is 2.29. The van der Waals surface area contributed by atoms with Crippen LogP contribution in [0.4, 0.5) is 0 Å². The van der Waals surface area contributed by atoms with E-state index in [0.29, 0.717) is 18.8 Å². The molecule has 1 aliphatic rings. The normalized spacial score (nSPS) is 19.5. The van der Waals surface area contributed by atoms with Gasteiger partial charge in [0.25, 0.3) is 0 Å². The van der Waals surface area contributed by atoms with E-state index in [-0.39, 0.29) is 11.8 Å². The zero-order valence-electron chi connectivity index (χ0n) is 9.72. The molecule has 1 N–H and O–H groups in total. The van der Waals surface area contributed by atoms with Gasteiger partial charge < -0.3 is 9.84 Å². The van der Waals surface area contributed by atoms with Crippen LogP contribution in [0.1, 0.15) is 42.1 Å². The van der Waals surface area contributed by atoms with Gasteiger partial charge in [-0.15, -0.1) is 5.10 Å². The Morgan fingerprint density at radius 2 is 2.47 bits per heavy atom. The van der Waals surface area contributed by atoms with E-state index in [1.54, 1.807) is 4.68 Å². The lowest BCUT2D eigenvalue weighted by atomic mass is 10.1. The Labute approximate surface area is 98.9 Å². The van der Waals surface area contributed by atoms with E-state index in [9.17, 15) is 4.79 Å². The van der Waals surface area contributed by atoms with Crippen LogP contribution in [-0.4, -0.2) is 32.7 Å². The summed E-state index contributed by atoms with van der Waals surface area (Å²) in [4.78, 5) is 11.1. The first-order valence-electron chi connectivity index (χ1n) is 5.52. The van der Waals surface area contributed by atoms with Crippen LogP contribution in [0.25, 0.3) is 0 Å². The molecule has 0 aromatic carbocycles. The molecule has 0 amide bonds. The van der Waals surface area contributed by atoms with Crippen LogP contribution in [0.3, 0.4) is 0 Å². The van der Waals surface area contributed by atoms with Crippen molar-refractivity contribution in [2.75, 3.05) is 6.61 Å². The zero-order chi connectivity index (χ0) is 12.4. The van der Waals surface area contributed by atoms with Crippen molar-refractivity contribution in [2.45, 2.75) is 32.4 Å². The van der Waals surface area contributed by atoms with Crippen molar-refractivity contribution < 1.29 is 14.6 Å². The second kappa shape index (κ2) is 4.67. The number of aromatic nitrogens is 3. The summed E-state index contributed by atoms with van der Waals surface area (Å²) in [6.07, 6.45) is 1.53. The van der Waals surface area contributed by atoms with Gasteiger partial charge in [0, 0.05) is 6.61 Å². The van der Waals surface area contributed by atoms with E-state index in [1.807, 2.05) is 6.92 Å². The summed E-state index contributed by atoms with van der Waals surface area (Å²) in [5, 5.41) is 16.7. The first kappa shape index (κ1) is 11.8. The van der Waals surface area contributed by atoms with E-state index in [2.05, 4.69) is 16.9 Å². The highest BCUT2D eigenvalue weighted by Crippen LogP contribution is 2.30. The summed E-state index contributed by atoms with van der Waals surface area (Å²) in [6.45, 7) is 6.78. The number of carboxylic acids is 1. The molecule has 0 aliphatic carbocycles. The quantitative estimate of drug-likeness (QED) is 0.801. The second-order valence-electron chi connectivity index (χ2n) is 4.24. The lowest BCUT2D eigenvalue weighted by molar-refractivity contribution is 0.0672. The maximum atomic E-state index is 11.1. The van der Waals surface area contributed by atoms with Crippen molar-refractivity contribution in [3.05, 3.63) is 23.5 Å². The van der Waals surface area contributed by atoms with E-state index >= 15 is 0 Å². The van der Waals surface area contributed by atoms with Gasteiger partial charge in [-0.25, -0.2) is 9.48 Å². The lowest BCUT2D eigenvalue weighted by Gasteiger charge is -2.12. The van der Waals surface area contributed by atoms with Crippen molar-refractivity contribution in [1.29, 1.82) is 0 Å². The number of aromatic carboxylic acids is 1. The molecule has 0 spiro atoms. The number of hydrogen-bond donors (Lipinski definition) is 1. The molecular weight excluding hydrogens is 222 g/mol.